The molecule has 0 saturated heterocycles. The van der Waals surface area contributed by atoms with Crippen LogP contribution in [0.4, 0.5) is 4.79 Å². The number of carbonyl (C=O) groups is 1. The Hall–Kier alpha value is -1.55. The molecular formula is C16H24N2O2. The van der Waals surface area contributed by atoms with E-state index >= 15 is 0 Å². The third-order valence-electron chi connectivity index (χ3n) is 3.85. The molecule has 0 spiro atoms. The lowest BCUT2D eigenvalue weighted by Crippen LogP contribution is -2.47. The predicted molar refractivity (Wildman–Crippen MR) is 79.3 cm³/mol. The lowest BCUT2D eigenvalue weighted by Gasteiger charge is -2.31. The average molecular weight is 276 g/mol. The van der Waals surface area contributed by atoms with Gasteiger partial charge in [0.05, 0.1) is 12.1 Å². The maximum absolute atomic E-state index is 12.2. The van der Waals surface area contributed by atoms with Crippen LogP contribution < -0.4 is 5.32 Å². The van der Waals surface area contributed by atoms with Gasteiger partial charge in [-0.2, -0.15) is 0 Å². The Bertz CT molecular complexity index is 427. The van der Waals surface area contributed by atoms with Crippen molar-refractivity contribution in [2.75, 3.05) is 13.1 Å². The number of rotatable bonds is 5. The highest BCUT2D eigenvalue weighted by molar-refractivity contribution is 5.74. The fourth-order valence-corrected chi connectivity index (χ4v) is 2.81. The first-order valence-electron chi connectivity index (χ1n) is 7.42. The Morgan fingerprint density at radius 1 is 1.30 bits per heavy atom. The number of amides is 2. The molecule has 0 radical (unpaired) electrons. The Morgan fingerprint density at radius 2 is 1.95 bits per heavy atom. The van der Waals surface area contributed by atoms with Gasteiger partial charge in [0.1, 0.15) is 0 Å². The molecule has 0 bridgehead atoms. The van der Waals surface area contributed by atoms with Crippen LogP contribution in [0.25, 0.3) is 0 Å². The molecule has 0 unspecified atom stereocenters. The van der Waals surface area contributed by atoms with E-state index in [9.17, 15) is 9.90 Å². The Labute approximate surface area is 120 Å². The zero-order chi connectivity index (χ0) is 14.4. The molecule has 110 valence electrons. The van der Waals surface area contributed by atoms with Crippen LogP contribution in [0, 0.1) is 0 Å². The minimum absolute atomic E-state index is 0.100. The second kappa shape index (κ2) is 6.75. The third kappa shape index (κ3) is 3.97. The molecule has 1 saturated carbocycles. The molecule has 20 heavy (non-hydrogen) atoms. The second-order valence-corrected chi connectivity index (χ2v) is 5.61. The summed E-state index contributed by atoms with van der Waals surface area (Å²) in [6.07, 6.45) is 3.67. The van der Waals surface area contributed by atoms with E-state index in [-0.39, 0.29) is 6.03 Å². The van der Waals surface area contributed by atoms with Crippen molar-refractivity contribution in [1.82, 2.24) is 10.2 Å². The number of hydrogen-bond donors (Lipinski definition) is 2. The van der Waals surface area contributed by atoms with Crippen LogP contribution in [0.5, 0.6) is 0 Å². The molecule has 2 N–H and O–H groups in total. The van der Waals surface area contributed by atoms with Gasteiger partial charge in [-0.15, -0.1) is 0 Å². The zero-order valence-electron chi connectivity index (χ0n) is 12.1. The first kappa shape index (κ1) is 14.9. The molecule has 1 aromatic rings. The lowest BCUT2D eigenvalue weighted by atomic mass is 10.0. The average Bonchev–Trinajstić information content (AvgIpc) is 2.86. The molecule has 1 aliphatic rings. The highest BCUT2D eigenvalue weighted by Crippen LogP contribution is 2.30. The Morgan fingerprint density at radius 3 is 2.55 bits per heavy atom. The van der Waals surface area contributed by atoms with Gasteiger partial charge in [0.25, 0.3) is 0 Å². The van der Waals surface area contributed by atoms with Gasteiger partial charge in [-0.1, -0.05) is 43.2 Å². The van der Waals surface area contributed by atoms with Gasteiger partial charge in [0, 0.05) is 13.1 Å². The maximum Gasteiger partial charge on any atom is 0.317 e. The first-order chi connectivity index (χ1) is 9.63. The quantitative estimate of drug-likeness (QED) is 0.868. The molecule has 0 aliphatic heterocycles. The molecule has 4 nitrogen and oxygen atoms in total. The molecule has 1 fully saturated rings. The van der Waals surface area contributed by atoms with Crippen molar-refractivity contribution < 1.29 is 9.90 Å². The lowest BCUT2D eigenvalue weighted by molar-refractivity contribution is 0.0176. The summed E-state index contributed by atoms with van der Waals surface area (Å²) in [7, 11) is 0. The summed E-state index contributed by atoms with van der Waals surface area (Å²) in [6.45, 7) is 3.45. The standard InChI is InChI=1S/C16H24N2O2/c1-2-17-15(19)18(12-14-8-4-3-5-9-14)13-16(20)10-6-7-11-16/h3-5,8-9,20H,2,6-7,10-13H2,1H3,(H,17,19). The minimum Gasteiger partial charge on any atom is -0.388 e. The number of benzene rings is 1. The number of nitrogens with one attached hydrogen (secondary N) is 1. The molecule has 2 rings (SSSR count). The number of carbonyl (C=O) groups excluding carboxylic acids is 1. The van der Waals surface area contributed by atoms with Gasteiger partial charge in [-0.25, -0.2) is 4.79 Å². The fourth-order valence-electron chi connectivity index (χ4n) is 2.81. The summed E-state index contributed by atoms with van der Waals surface area (Å²) in [4.78, 5) is 13.9. The van der Waals surface area contributed by atoms with Crippen LogP contribution >= 0.6 is 0 Å². The molecular weight excluding hydrogens is 252 g/mol. The van der Waals surface area contributed by atoms with E-state index < -0.39 is 5.60 Å². The van der Waals surface area contributed by atoms with E-state index in [1.165, 1.54) is 0 Å². The van der Waals surface area contributed by atoms with Crippen molar-refractivity contribution in [3.63, 3.8) is 0 Å². The summed E-state index contributed by atoms with van der Waals surface area (Å²) in [6, 6.07) is 9.81. The van der Waals surface area contributed by atoms with E-state index in [0.29, 0.717) is 19.6 Å². The number of nitrogens with zero attached hydrogens (tertiary/aromatic N) is 1. The summed E-state index contributed by atoms with van der Waals surface area (Å²) in [5.41, 5.74) is 0.375. The van der Waals surface area contributed by atoms with Crippen molar-refractivity contribution >= 4 is 6.03 Å². The van der Waals surface area contributed by atoms with Gasteiger partial charge in [0.2, 0.25) is 0 Å². The van der Waals surface area contributed by atoms with Crippen LogP contribution in [-0.2, 0) is 6.54 Å². The smallest absolute Gasteiger partial charge is 0.317 e. The fraction of sp³-hybridized carbons (Fsp3) is 0.562. The van der Waals surface area contributed by atoms with Gasteiger partial charge < -0.3 is 15.3 Å². The largest absolute Gasteiger partial charge is 0.388 e. The van der Waals surface area contributed by atoms with Crippen molar-refractivity contribution in [3.05, 3.63) is 35.9 Å². The highest BCUT2D eigenvalue weighted by Gasteiger charge is 2.34. The maximum atomic E-state index is 12.2. The second-order valence-electron chi connectivity index (χ2n) is 5.61. The molecule has 1 aliphatic carbocycles. The summed E-state index contributed by atoms with van der Waals surface area (Å²) >= 11 is 0. The number of urea groups is 1. The Kier molecular flexibility index (Phi) is 5.01. The van der Waals surface area contributed by atoms with Gasteiger partial charge in [-0.05, 0) is 25.3 Å². The van der Waals surface area contributed by atoms with Crippen molar-refractivity contribution in [3.8, 4) is 0 Å². The normalized spacial score (nSPS) is 16.9. The molecule has 1 aromatic carbocycles. The van der Waals surface area contributed by atoms with Crippen molar-refractivity contribution in [2.45, 2.75) is 44.8 Å². The van der Waals surface area contributed by atoms with Crippen molar-refractivity contribution in [1.29, 1.82) is 0 Å². The van der Waals surface area contributed by atoms with Gasteiger partial charge in [0.15, 0.2) is 0 Å². The third-order valence-corrected chi connectivity index (χ3v) is 3.85. The predicted octanol–water partition coefficient (Wildman–Crippen LogP) is 2.52. The van der Waals surface area contributed by atoms with E-state index in [0.717, 1.165) is 31.2 Å². The van der Waals surface area contributed by atoms with E-state index in [2.05, 4.69) is 5.32 Å². The van der Waals surface area contributed by atoms with Crippen LogP contribution in [-0.4, -0.2) is 34.7 Å². The number of aliphatic hydroxyl groups is 1. The van der Waals surface area contributed by atoms with E-state index in [4.69, 9.17) is 0 Å². The highest BCUT2D eigenvalue weighted by atomic mass is 16.3. The zero-order valence-corrected chi connectivity index (χ0v) is 12.1. The SMILES string of the molecule is CCNC(=O)N(Cc1ccccc1)CC1(O)CCCC1. The molecule has 0 aromatic heterocycles. The number of hydrogen-bond acceptors (Lipinski definition) is 2. The van der Waals surface area contributed by atoms with Crippen LogP contribution in [0.3, 0.4) is 0 Å². The summed E-state index contributed by atoms with van der Waals surface area (Å²) in [5.74, 6) is 0. The first-order valence-corrected chi connectivity index (χ1v) is 7.42. The van der Waals surface area contributed by atoms with Crippen LogP contribution in [0.2, 0.25) is 0 Å². The summed E-state index contributed by atoms with van der Waals surface area (Å²) < 4.78 is 0. The van der Waals surface area contributed by atoms with Gasteiger partial charge in [-0.3, -0.25) is 0 Å². The topological polar surface area (TPSA) is 52.6 Å². The van der Waals surface area contributed by atoms with Crippen molar-refractivity contribution in [2.24, 2.45) is 0 Å². The van der Waals surface area contributed by atoms with Crippen LogP contribution in [0.15, 0.2) is 30.3 Å². The monoisotopic (exact) mass is 276 g/mol. The molecule has 0 heterocycles. The van der Waals surface area contributed by atoms with Crippen LogP contribution in [0.1, 0.15) is 38.2 Å². The Balaban J connectivity index is 2.06. The molecule has 4 heteroatoms. The van der Waals surface area contributed by atoms with E-state index in [1.807, 2.05) is 37.3 Å². The van der Waals surface area contributed by atoms with E-state index in [1.54, 1.807) is 4.90 Å². The minimum atomic E-state index is -0.708. The molecule has 2 amide bonds. The van der Waals surface area contributed by atoms with Gasteiger partial charge >= 0.3 is 6.03 Å². The molecule has 0 atom stereocenters. The summed E-state index contributed by atoms with van der Waals surface area (Å²) in [5, 5.41) is 13.4.